The van der Waals surface area contributed by atoms with Gasteiger partial charge in [0.15, 0.2) is 0 Å². The molecule has 0 aromatic rings. The minimum Gasteiger partial charge on any atom is -0.389 e. The lowest BCUT2D eigenvalue weighted by Gasteiger charge is -2.26. The van der Waals surface area contributed by atoms with E-state index in [1.54, 1.807) is 13.8 Å². The maximum atomic E-state index is 9.61. The van der Waals surface area contributed by atoms with Gasteiger partial charge in [0.05, 0.1) is 18.2 Å². The predicted molar refractivity (Wildman–Crippen MR) is 43.3 cm³/mol. The minimum absolute atomic E-state index is 0.0394. The van der Waals surface area contributed by atoms with Crippen LogP contribution in [-0.4, -0.2) is 29.1 Å². The second-order valence-electron chi connectivity index (χ2n) is 4.17. The predicted octanol–water partition coefficient (Wildman–Crippen LogP) is 0.482. The number of ether oxygens (including phenoxy) is 1. The van der Waals surface area contributed by atoms with E-state index in [1.165, 1.54) is 0 Å². The van der Waals surface area contributed by atoms with Crippen LogP contribution in [0.5, 0.6) is 0 Å². The molecule has 0 aliphatic carbocycles. The van der Waals surface area contributed by atoms with Crippen molar-refractivity contribution in [3.63, 3.8) is 0 Å². The topological polar surface area (TPSA) is 41.5 Å². The van der Waals surface area contributed by atoms with E-state index in [9.17, 15) is 5.11 Å². The third-order valence-corrected chi connectivity index (χ3v) is 1.99. The van der Waals surface area contributed by atoms with Gasteiger partial charge in [0.25, 0.3) is 0 Å². The quantitative estimate of drug-likeness (QED) is 0.585. The van der Waals surface area contributed by atoms with E-state index in [4.69, 9.17) is 4.74 Å². The van der Waals surface area contributed by atoms with Crippen molar-refractivity contribution in [1.82, 2.24) is 5.32 Å². The van der Waals surface area contributed by atoms with Crippen molar-refractivity contribution >= 4 is 0 Å². The summed E-state index contributed by atoms with van der Waals surface area (Å²) in [5, 5.41) is 12.8. The molecule has 0 spiro atoms. The Hall–Kier alpha value is -0.120. The van der Waals surface area contributed by atoms with Gasteiger partial charge in [-0.2, -0.15) is 0 Å². The maximum Gasteiger partial charge on any atom is 0.114 e. The van der Waals surface area contributed by atoms with Crippen molar-refractivity contribution in [2.75, 3.05) is 6.61 Å². The average molecular weight is 159 g/mol. The van der Waals surface area contributed by atoms with Gasteiger partial charge in [-0.3, -0.25) is 5.32 Å². The molecule has 0 bridgehead atoms. The van der Waals surface area contributed by atoms with Gasteiger partial charge in [0.1, 0.15) is 5.72 Å². The van der Waals surface area contributed by atoms with Gasteiger partial charge in [-0.05, 0) is 27.7 Å². The number of nitrogens with one attached hydrogen (secondary N) is 1. The highest BCUT2D eigenvalue weighted by Gasteiger charge is 2.38. The van der Waals surface area contributed by atoms with Crippen molar-refractivity contribution in [2.45, 2.75) is 45.1 Å². The molecule has 3 nitrogen and oxygen atoms in total. The molecule has 1 aliphatic heterocycles. The van der Waals surface area contributed by atoms with Crippen molar-refractivity contribution < 1.29 is 9.84 Å². The SMILES string of the molecule is CC1(C)N[C@H](C(C)(C)O)CO1. The number of hydrogen-bond donors (Lipinski definition) is 2. The fourth-order valence-corrected chi connectivity index (χ4v) is 1.18. The molecule has 11 heavy (non-hydrogen) atoms. The van der Waals surface area contributed by atoms with Crippen LogP contribution in [0.2, 0.25) is 0 Å². The Bertz CT molecular complexity index is 149. The Balaban J connectivity index is 2.55. The Morgan fingerprint density at radius 1 is 1.55 bits per heavy atom. The Morgan fingerprint density at radius 3 is 2.27 bits per heavy atom. The lowest BCUT2D eigenvalue weighted by Crippen LogP contribution is -2.49. The maximum absolute atomic E-state index is 9.61. The summed E-state index contributed by atoms with van der Waals surface area (Å²) in [6.45, 7) is 8.07. The normalized spacial score (nSPS) is 30.8. The first kappa shape index (κ1) is 8.97. The largest absolute Gasteiger partial charge is 0.389 e. The number of hydrogen-bond acceptors (Lipinski definition) is 3. The zero-order valence-corrected chi connectivity index (χ0v) is 7.64. The fraction of sp³-hybridized carbons (Fsp3) is 1.00. The van der Waals surface area contributed by atoms with Gasteiger partial charge in [0, 0.05) is 0 Å². The molecule has 1 aliphatic rings. The summed E-state index contributed by atoms with van der Waals surface area (Å²) in [4.78, 5) is 0. The highest BCUT2D eigenvalue weighted by Crippen LogP contribution is 2.21. The van der Waals surface area contributed by atoms with Crippen LogP contribution in [0, 0.1) is 0 Å². The molecule has 2 N–H and O–H groups in total. The molecule has 3 heteroatoms. The molecule has 0 saturated carbocycles. The Labute approximate surface area is 67.7 Å². The second kappa shape index (κ2) is 2.44. The van der Waals surface area contributed by atoms with E-state index in [1.807, 2.05) is 13.8 Å². The first-order chi connectivity index (χ1) is 4.81. The van der Waals surface area contributed by atoms with Gasteiger partial charge in [-0.15, -0.1) is 0 Å². The Morgan fingerprint density at radius 2 is 2.09 bits per heavy atom. The summed E-state index contributed by atoms with van der Waals surface area (Å²) in [5.74, 6) is 0. The van der Waals surface area contributed by atoms with Crippen LogP contribution in [0.1, 0.15) is 27.7 Å². The number of rotatable bonds is 1. The van der Waals surface area contributed by atoms with E-state index < -0.39 is 5.60 Å². The third kappa shape index (κ3) is 2.15. The molecule has 0 amide bonds. The van der Waals surface area contributed by atoms with Crippen molar-refractivity contribution in [1.29, 1.82) is 0 Å². The third-order valence-electron chi connectivity index (χ3n) is 1.99. The lowest BCUT2D eigenvalue weighted by molar-refractivity contribution is 0.0197. The zero-order chi connectivity index (χ0) is 8.70. The second-order valence-corrected chi connectivity index (χ2v) is 4.17. The standard InChI is InChI=1S/C8H17NO2/c1-7(2,10)6-5-11-8(3,4)9-6/h6,9-10H,5H2,1-4H3/t6-/m0/s1. The van der Waals surface area contributed by atoms with Crippen LogP contribution in [0.4, 0.5) is 0 Å². The summed E-state index contributed by atoms with van der Waals surface area (Å²) in [6.07, 6.45) is 0. The molecule has 0 radical (unpaired) electrons. The highest BCUT2D eigenvalue weighted by atomic mass is 16.5. The van der Waals surface area contributed by atoms with Crippen molar-refractivity contribution in [3.8, 4) is 0 Å². The summed E-state index contributed by atoms with van der Waals surface area (Å²) < 4.78 is 5.41. The molecular formula is C8H17NO2. The minimum atomic E-state index is -0.701. The van der Waals surface area contributed by atoms with E-state index in [-0.39, 0.29) is 11.8 Å². The van der Waals surface area contributed by atoms with Gasteiger partial charge < -0.3 is 9.84 Å². The molecule has 0 aromatic carbocycles. The summed E-state index contributed by atoms with van der Waals surface area (Å²) >= 11 is 0. The van der Waals surface area contributed by atoms with Crippen molar-refractivity contribution in [2.24, 2.45) is 0 Å². The number of aliphatic hydroxyl groups is 1. The molecule has 1 atom stereocenters. The monoisotopic (exact) mass is 159 g/mol. The van der Waals surface area contributed by atoms with Crippen LogP contribution < -0.4 is 5.32 Å². The molecule has 66 valence electrons. The molecule has 1 saturated heterocycles. The molecule has 0 unspecified atom stereocenters. The first-order valence-electron chi connectivity index (χ1n) is 3.95. The van der Waals surface area contributed by atoms with E-state index in [2.05, 4.69) is 5.32 Å². The lowest BCUT2D eigenvalue weighted by atomic mass is 10.0. The van der Waals surface area contributed by atoms with Gasteiger partial charge in [-0.25, -0.2) is 0 Å². The van der Waals surface area contributed by atoms with Gasteiger partial charge in [0.2, 0.25) is 0 Å². The van der Waals surface area contributed by atoms with Crippen LogP contribution in [0.15, 0.2) is 0 Å². The van der Waals surface area contributed by atoms with Crippen LogP contribution in [0.3, 0.4) is 0 Å². The van der Waals surface area contributed by atoms with Gasteiger partial charge in [-0.1, -0.05) is 0 Å². The van der Waals surface area contributed by atoms with Crippen molar-refractivity contribution in [3.05, 3.63) is 0 Å². The molecule has 1 fully saturated rings. The van der Waals surface area contributed by atoms with E-state index >= 15 is 0 Å². The molecule has 1 heterocycles. The van der Waals surface area contributed by atoms with Crippen LogP contribution >= 0.6 is 0 Å². The molecule has 1 rings (SSSR count). The average Bonchev–Trinajstić information content (AvgIpc) is 2.07. The molecular weight excluding hydrogens is 142 g/mol. The van der Waals surface area contributed by atoms with Gasteiger partial charge >= 0.3 is 0 Å². The van der Waals surface area contributed by atoms with Crippen LogP contribution in [-0.2, 0) is 4.74 Å². The fourth-order valence-electron chi connectivity index (χ4n) is 1.18. The zero-order valence-electron chi connectivity index (χ0n) is 7.64. The van der Waals surface area contributed by atoms with E-state index in [0.29, 0.717) is 6.61 Å². The first-order valence-corrected chi connectivity index (χ1v) is 3.95. The summed E-state index contributed by atoms with van der Waals surface area (Å²) in [6, 6.07) is 0.0394. The van der Waals surface area contributed by atoms with Crippen LogP contribution in [0.25, 0.3) is 0 Å². The highest BCUT2D eigenvalue weighted by molar-refractivity contribution is 4.91. The summed E-state index contributed by atoms with van der Waals surface area (Å²) in [5.41, 5.74) is -0.988. The Kier molecular flexibility index (Phi) is 1.99. The molecule has 0 aromatic heterocycles. The van der Waals surface area contributed by atoms with E-state index in [0.717, 1.165) is 0 Å². The smallest absolute Gasteiger partial charge is 0.114 e. The summed E-state index contributed by atoms with van der Waals surface area (Å²) in [7, 11) is 0.